The van der Waals surface area contributed by atoms with E-state index in [0.29, 0.717) is 5.75 Å². The fraction of sp³-hybridized carbons (Fsp3) is 0.588. The molecule has 22 heavy (non-hydrogen) atoms. The van der Waals surface area contributed by atoms with Crippen molar-refractivity contribution in [3.63, 3.8) is 0 Å². The summed E-state index contributed by atoms with van der Waals surface area (Å²) in [7, 11) is 0. The molecular weight excluding hydrogens is 296 g/mol. The highest BCUT2D eigenvalue weighted by Gasteiger charge is 2.23. The second kappa shape index (κ2) is 8.44. The molecule has 1 amide bonds. The van der Waals surface area contributed by atoms with Crippen molar-refractivity contribution in [2.75, 3.05) is 24.6 Å². The number of benzene rings is 1. The Morgan fingerprint density at radius 1 is 1.27 bits per heavy atom. The van der Waals surface area contributed by atoms with Crippen LogP contribution in [0.5, 0.6) is 5.75 Å². The van der Waals surface area contributed by atoms with Gasteiger partial charge in [0, 0.05) is 30.6 Å². The molecule has 2 unspecified atom stereocenters. The average molecular weight is 322 g/mol. The van der Waals surface area contributed by atoms with E-state index in [1.54, 1.807) is 12.1 Å². The Morgan fingerprint density at radius 3 is 2.55 bits per heavy atom. The minimum Gasteiger partial charge on any atom is -0.508 e. The van der Waals surface area contributed by atoms with Gasteiger partial charge in [-0.1, -0.05) is 12.1 Å². The van der Waals surface area contributed by atoms with Crippen LogP contribution in [0.25, 0.3) is 0 Å². The van der Waals surface area contributed by atoms with Crippen LogP contribution in [0.15, 0.2) is 24.3 Å². The summed E-state index contributed by atoms with van der Waals surface area (Å²) in [4.78, 5) is 14.6. The van der Waals surface area contributed by atoms with Crippen molar-refractivity contribution in [1.29, 1.82) is 0 Å². The maximum absolute atomic E-state index is 12.3. The summed E-state index contributed by atoms with van der Waals surface area (Å²) in [5.41, 5.74) is 1.18. The van der Waals surface area contributed by atoms with Gasteiger partial charge in [-0.05, 0) is 44.4 Å². The maximum atomic E-state index is 12.3. The third-order valence-electron chi connectivity index (χ3n) is 4.16. The lowest BCUT2D eigenvalue weighted by molar-refractivity contribution is -0.126. The SMILES string of the molecule is CC(CCc1ccc(O)cc1)NC(=O)C(C)N1CCSCC1. The molecule has 4 nitrogen and oxygen atoms in total. The Labute approximate surface area is 137 Å². The van der Waals surface area contributed by atoms with Gasteiger partial charge in [-0.2, -0.15) is 11.8 Å². The van der Waals surface area contributed by atoms with Crippen LogP contribution in [-0.4, -0.2) is 52.6 Å². The quantitative estimate of drug-likeness (QED) is 0.843. The van der Waals surface area contributed by atoms with E-state index < -0.39 is 0 Å². The molecule has 1 fully saturated rings. The molecule has 0 bridgehead atoms. The highest BCUT2D eigenvalue weighted by Crippen LogP contribution is 2.14. The Balaban J connectivity index is 1.74. The molecule has 2 N–H and O–H groups in total. The van der Waals surface area contributed by atoms with Crippen LogP contribution < -0.4 is 5.32 Å². The highest BCUT2D eigenvalue weighted by molar-refractivity contribution is 7.99. The van der Waals surface area contributed by atoms with Gasteiger partial charge in [0.1, 0.15) is 5.75 Å². The Morgan fingerprint density at radius 2 is 1.91 bits per heavy atom. The van der Waals surface area contributed by atoms with Crippen molar-refractivity contribution in [1.82, 2.24) is 10.2 Å². The number of aryl methyl sites for hydroxylation is 1. The minimum atomic E-state index is -0.0444. The van der Waals surface area contributed by atoms with Gasteiger partial charge in [-0.15, -0.1) is 0 Å². The van der Waals surface area contributed by atoms with E-state index in [0.717, 1.165) is 37.4 Å². The van der Waals surface area contributed by atoms with E-state index in [9.17, 15) is 9.90 Å². The first-order chi connectivity index (χ1) is 10.6. The van der Waals surface area contributed by atoms with E-state index >= 15 is 0 Å². The second-order valence-electron chi connectivity index (χ2n) is 5.94. The first-order valence-corrected chi connectivity index (χ1v) is 9.12. The van der Waals surface area contributed by atoms with Crippen molar-refractivity contribution >= 4 is 17.7 Å². The normalized spacial score (nSPS) is 18.6. The fourth-order valence-corrected chi connectivity index (χ4v) is 3.54. The molecule has 5 heteroatoms. The van der Waals surface area contributed by atoms with Gasteiger partial charge in [0.15, 0.2) is 0 Å². The predicted molar refractivity (Wildman–Crippen MR) is 92.4 cm³/mol. The molecule has 0 radical (unpaired) electrons. The molecule has 1 aliphatic heterocycles. The fourth-order valence-electron chi connectivity index (χ4n) is 2.61. The van der Waals surface area contributed by atoms with Crippen molar-refractivity contribution in [3.05, 3.63) is 29.8 Å². The number of carbonyl (C=O) groups is 1. The smallest absolute Gasteiger partial charge is 0.237 e. The van der Waals surface area contributed by atoms with Crippen LogP contribution in [0.2, 0.25) is 0 Å². The topological polar surface area (TPSA) is 52.6 Å². The van der Waals surface area contributed by atoms with E-state index in [4.69, 9.17) is 0 Å². The summed E-state index contributed by atoms with van der Waals surface area (Å²) in [6.07, 6.45) is 1.80. The van der Waals surface area contributed by atoms with Crippen LogP contribution in [-0.2, 0) is 11.2 Å². The number of hydrogen-bond donors (Lipinski definition) is 2. The van der Waals surface area contributed by atoms with E-state index in [-0.39, 0.29) is 18.0 Å². The number of nitrogens with one attached hydrogen (secondary N) is 1. The van der Waals surface area contributed by atoms with Gasteiger partial charge in [0.2, 0.25) is 5.91 Å². The maximum Gasteiger partial charge on any atom is 0.237 e. The molecule has 2 rings (SSSR count). The molecule has 1 saturated heterocycles. The second-order valence-corrected chi connectivity index (χ2v) is 7.16. The number of carbonyl (C=O) groups excluding carboxylic acids is 1. The molecular formula is C17H26N2O2S. The number of hydrogen-bond acceptors (Lipinski definition) is 4. The zero-order valence-electron chi connectivity index (χ0n) is 13.4. The minimum absolute atomic E-state index is 0.0444. The third kappa shape index (κ3) is 5.21. The lowest BCUT2D eigenvalue weighted by Gasteiger charge is -2.31. The highest BCUT2D eigenvalue weighted by atomic mass is 32.2. The van der Waals surface area contributed by atoms with Gasteiger partial charge in [0.05, 0.1) is 6.04 Å². The molecule has 0 aromatic heterocycles. The standard InChI is InChI=1S/C17H26N2O2S/c1-13(3-4-15-5-7-16(20)8-6-15)18-17(21)14(2)19-9-11-22-12-10-19/h5-8,13-14,20H,3-4,9-12H2,1-2H3,(H,18,21). The molecule has 0 spiro atoms. The lowest BCUT2D eigenvalue weighted by atomic mass is 10.1. The Kier molecular flexibility index (Phi) is 6.58. The van der Waals surface area contributed by atoms with Crippen LogP contribution in [0.4, 0.5) is 0 Å². The monoisotopic (exact) mass is 322 g/mol. The number of rotatable bonds is 6. The summed E-state index contributed by atoms with van der Waals surface area (Å²) < 4.78 is 0. The van der Waals surface area contributed by atoms with Crippen LogP contribution in [0, 0.1) is 0 Å². The number of amides is 1. The van der Waals surface area contributed by atoms with Gasteiger partial charge in [-0.3, -0.25) is 9.69 Å². The van der Waals surface area contributed by atoms with Crippen molar-refractivity contribution in [2.24, 2.45) is 0 Å². The molecule has 0 aliphatic carbocycles. The van der Waals surface area contributed by atoms with Gasteiger partial charge < -0.3 is 10.4 Å². The summed E-state index contributed by atoms with van der Waals surface area (Å²) in [6, 6.07) is 7.37. The van der Waals surface area contributed by atoms with Crippen LogP contribution in [0.3, 0.4) is 0 Å². The molecule has 1 heterocycles. The van der Waals surface area contributed by atoms with Crippen molar-refractivity contribution in [2.45, 2.75) is 38.8 Å². The van der Waals surface area contributed by atoms with Crippen molar-refractivity contribution < 1.29 is 9.90 Å². The number of phenolic OH excluding ortho intramolecular Hbond substituents is 1. The first-order valence-electron chi connectivity index (χ1n) is 7.96. The zero-order chi connectivity index (χ0) is 15.9. The van der Waals surface area contributed by atoms with E-state index in [2.05, 4.69) is 17.1 Å². The number of nitrogens with zero attached hydrogens (tertiary/aromatic N) is 1. The first kappa shape index (κ1) is 17.2. The summed E-state index contributed by atoms with van der Waals surface area (Å²) in [5.74, 6) is 2.66. The van der Waals surface area contributed by atoms with Crippen molar-refractivity contribution in [3.8, 4) is 5.75 Å². The van der Waals surface area contributed by atoms with Gasteiger partial charge >= 0.3 is 0 Å². The molecule has 2 atom stereocenters. The van der Waals surface area contributed by atoms with Crippen LogP contribution >= 0.6 is 11.8 Å². The number of aromatic hydroxyl groups is 1. The lowest BCUT2D eigenvalue weighted by Crippen LogP contribution is -2.50. The largest absolute Gasteiger partial charge is 0.508 e. The van der Waals surface area contributed by atoms with E-state index in [1.165, 1.54) is 5.56 Å². The molecule has 1 aromatic carbocycles. The molecule has 122 valence electrons. The third-order valence-corrected chi connectivity index (χ3v) is 5.11. The molecule has 1 aromatic rings. The molecule has 0 saturated carbocycles. The summed E-state index contributed by atoms with van der Waals surface area (Å²) in [5, 5.41) is 12.4. The van der Waals surface area contributed by atoms with Crippen LogP contribution in [0.1, 0.15) is 25.8 Å². The number of thioether (sulfide) groups is 1. The Hall–Kier alpha value is -1.20. The Bertz CT molecular complexity index is 472. The summed E-state index contributed by atoms with van der Waals surface area (Å²) >= 11 is 1.96. The molecule has 1 aliphatic rings. The zero-order valence-corrected chi connectivity index (χ0v) is 14.2. The predicted octanol–water partition coefficient (Wildman–Crippen LogP) is 2.27. The van der Waals surface area contributed by atoms with Gasteiger partial charge in [-0.25, -0.2) is 0 Å². The summed E-state index contributed by atoms with van der Waals surface area (Å²) in [6.45, 7) is 6.05. The number of phenols is 1. The van der Waals surface area contributed by atoms with E-state index in [1.807, 2.05) is 30.8 Å². The van der Waals surface area contributed by atoms with Gasteiger partial charge in [0.25, 0.3) is 0 Å². The average Bonchev–Trinajstić information content (AvgIpc) is 2.54.